The summed E-state index contributed by atoms with van der Waals surface area (Å²) >= 11 is 1.65. The van der Waals surface area contributed by atoms with Crippen molar-refractivity contribution < 1.29 is 4.79 Å². The highest BCUT2D eigenvalue weighted by molar-refractivity contribution is 7.09. The molecular weight excluding hydrogens is 256 g/mol. The van der Waals surface area contributed by atoms with E-state index in [0.29, 0.717) is 19.6 Å². The molecule has 1 aromatic heterocycles. The number of rotatable bonds is 6. The molecule has 0 saturated carbocycles. The molecule has 0 spiro atoms. The van der Waals surface area contributed by atoms with Crippen molar-refractivity contribution in [3.8, 4) is 0 Å². The third kappa shape index (κ3) is 4.89. The Labute approximate surface area is 113 Å². The lowest BCUT2D eigenvalue weighted by Crippen LogP contribution is -2.37. The topological polar surface area (TPSA) is 46.3 Å². The average molecular weight is 275 g/mol. The van der Waals surface area contributed by atoms with Gasteiger partial charge < -0.3 is 10.6 Å². The zero-order chi connectivity index (χ0) is 12.0. The molecule has 17 heavy (non-hydrogen) atoms. The highest BCUT2D eigenvalue weighted by atomic mass is 35.5. The lowest BCUT2D eigenvalue weighted by Gasteiger charge is -2.23. The third-order valence-electron chi connectivity index (χ3n) is 2.36. The van der Waals surface area contributed by atoms with Crippen LogP contribution >= 0.6 is 23.7 Å². The quantitative estimate of drug-likeness (QED) is 0.809. The van der Waals surface area contributed by atoms with Crippen molar-refractivity contribution in [2.24, 2.45) is 11.7 Å². The minimum Gasteiger partial charge on any atom is -0.334 e. The normalized spacial score (nSPS) is 11.4. The van der Waals surface area contributed by atoms with Crippen molar-refractivity contribution in [3.63, 3.8) is 0 Å². The molecule has 1 unspecified atom stereocenters. The van der Waals surface area contributed by atoms with E-state index in [1.165, 1.54) is 4.88 Å². The van der Waals surface area contributed by atoms with Crippen molar-refractivity contribution >= 4 is 29.7 Å². The first-order valence-electron chi connectivity index (χ1n) is 5.31. The molecule has 0 aliphatic heterocycles. The maximum Gasteiger partial charge on any atom is 0.227 e. The van der Waals surface area contributed by atoms with Crippen LogP contribution in [-0.4, -0.2) is 23.9 Å². The van der Waals surface area contributed by atoms with Crippen LogP contribution in [0.15, 0.2) is 30.2 Å². The smallest absolute Gasteiger partial charge is 0.227 e. The summed E-state index contributed by atoms with van der Waals surface area (Å²) < 4.78 is 0. The number of nitrogens with two attached hydrogens (primary N) is 1. The van der Waals surface area contributed by atoms with Gasteiger partial charge in [-0.15, -0.1) is 30.3 Å². The molecule has 1 amide bonds. The standard InChI is InChI=1S/C12H18N2OS.ClH/c1-3-6-14(12(15)10(2)8-13)9-11-5-4-7-16-11;/h3-5,7,10H,1,6,8-9,13H2,2H3;1H. The number of nitrogens with zero attached hydrogens (tertiary/aromatic N) is 1. The van der Waals surface area contributed by atoms with Gasteiger partial charge in [0.25, 0.3) is 0 Å². The molecule has 1 atom stereocenters. The van der Waals surface area contributed by atoms with E-state index in [4.69, 9.17) is 5.73 Å². The van der Waals surface area contributed by atoms with Crippen LogP contribution < -0.4 is 5.73 Å². The minimum atomic E-state index is -0.125. The van der Waals surface area contributed by atoms with Gasteiger partial charge in [-0.25, -0.2) is 0 Å². The molecule has 0 aromatic carbocycles. The maximum absolute atomic E-state index is 12.0. The molecule has 96 valence electrons. The number of thiophene rings is 1. The molecule has 0 radical (unpaired) electrons. The van der Waals surface area contributed by atoms with Crippen LogP contribution in [0.5, 0.6) is 0 Å². The fraction of sp³-hybridized carbons (Fsp3) is 0.417. The number of amides is 1. The molecule has 1 aromatic rings. The molecule has 0 bridgehead atoms. The summed E-state index contributed by atoms with van der Waals surface area (Å²) in [7, 11) is 0. The second kappa shape index (κ2) is 8.28. The predicted molar refractivity (Wildman–Crippen MR) is 75.4 cm³/mol. The molecule has 1 rings (SSSR count). The van der Waals surface area contributed by atoms with Crippen LogP contribution in [-0.2, 0) is 11.3 Å². The van der Waals surface area contributed by atoms with Gasteiger partial charge >= 0.3 is 0 Å². The number of hydrogen-bond acceptors (Lipinski definition) is 3. The summed E-state index contributed by atoms with van der Waals surface area (Å²) in [5, 5.41) is 2.01. The first kappa shape index (κ1) is 16.2. The second-order valence-electron chi connectivity index (χ2n) is 3.72. The Balaban J connectivity index is 0.00000256. The van der Waals surface area contributed by atoms with Gasteiger partial charge in [-0.2, -0.15) is 0 Å². The summed E-state index contributed by atoms with van der Waals surface area (Å²) in [6, 6.07) is 4.02. The summed E-state index contributed by atoms with van der Waals surface area (Å²) in [5.74, 6) is -0.0317. The highest BCUT2D eigenvalue weighted by Gasteiger charge is 2.18. The summed E-state index contributed by atoms with van der Waals surface area (Å²) in [4.78, 5) is 15.0. The van der Waals surface area contributed by atoms with Crippen LogP contribution in [0.2, 0.25) is 0 Å². The summed E-state index contributed by atoms with van der Waals surface area (Å²) in [6.45, 7) is 7.13. The zero-order valence-electron chi connectivity index (χ0n) is 9.96. The molecular formula is C12H19ClN2OS. The Bertz CT molecular complexity index is 340. The van der Waals surface area contributed by atoms with Crippen LogP contribution in [0.1, 0.15) is 11.8 Å². The highest BCUT2D eigenvalue weighted by Crippen LogP contribution is 2.13. The lowest BCUT2D eigenvalue weighted by molar-refractivity contribution is -0.134. The molecule has 1 heterocycles. The monoisotopic (exact) mass is 274 g/mol. The first-order chi connectivity index (χ1) is 7.69. The average Bonchev–Trinajstić information content (AvgIpc) is 2.79. The fourth-order valence-corrected chi connectivity index (χ4v) is 2.11. The first-order valence-corrected chi connectivity index (χ1v) is 6.19. The molecule has 3 nitrogen and oxygen atoms in total. The molecule has 0 fully saturated rings. The van der Waals surface area contributed by atoms with Crippen molar-refractivity contribution in [2.45, 2.75) is 13.5 Å². The Morgan fingerprint density at radius 1 is 1.71 bits per heavy atom. The Morgan fingerprint density at radius 3 is 2.88 bits per heavy atom. The summed E-state index contributed by atoms with van der Waals surface area (Å²) in [6.07, 6.45) is 1.74. The van der Waals surface area contributed by atoms with Crippen molar-refractivity contribution in [3.05, 3.63) is 35.0 Å². The van der Waals surface area contributed by atoms with Crippen LogP contribution in [0.25, 0.3) is 0 Å². The van der Waals surface area contributed by atoms with Crippen LogP contribution in [0.4, 0.5) is 0 Å². The van der Waals surface area contributed by atoms with Gasteiger partial charge in [0.05, 0.1) is 6.54 Å². The largest absolute Gasteiger partial charge is 0.334 e. The van der Waals surface area contributed by atoms with E-state index in [1.54, 1.807) is 22.3 Å². The van der Waals surface area contributed by atoms with Crippen LogP contribution in [0.3, 0.4) is 0 Å². The van der Waals surface area contributed by atoms with Gasteiger partial charge in [0.1, 0.15) is 0 Å². The van der Waals surface area contributed by atoms with E-state index in [0.717, 1.165) is 0 Å². The van der Waals surface area contributed by atoms with E-state index in [-0.39, 0.29) is 24.2 Å². The van der Waals surface area contributed by atoms with Gasteiger partial charge in [-0.3, -0.25) is 4.79 Å². The Morgan fingerprint density at radius 2 is 2.41 bits per heavy atom. The number of carbonyl (C=O) groups excluding carboxylic acids is 1. The van der Waals surface area contributed by atoms with Crippen molar-refractivity contribution in [2.75, 3.05) is 13.1 Å². The van der Waals surface area contributed by atoms with E-state index >= 15 is 0 Å². The SMILES string of the molecule is C=CCN(Cc1cccs1)C(=O)C(C)CN.Cl. The molecule has 0 aliphatic rings. The third-order valence-corrected chi connectivity index (χ3v) is 3.22. The van der Waals surface area contributed by atoms with Gasteiger partial charge in [-0.1, -0.05) is 19.1 Å². The minimum absolute atomic E-state index is 0. The molecule has 0 saturated heterocycles. The van der Waals surface area contributed by atoms with E-state index in [2.05, 4.69) is 6.58 Å². The second-order valence-corrected chi connectivity index (χ2v) is 4.76. The fourth-order valence-electron chi connectivity index (χ4n) is 1.39. The van der Waals surface area contributed by atoms with E-state index in [9.17, 15) is 4.79 Å². The molecule has 0 aliphatic carbocycles. The number of hydrogen-bond donors (Lipinski definition) is 1. The van der Waals surface area contributed by atoms with E-state index in [1.807, 2.05) is 24.4 Å². The maximum atomic E-state index is 12.0. The van der Waals surface area contributed by atoms with Gasteiger partial charge in [0.2, 0.25) is 5.91 Å². The lowest BCUT2D eigenvalue weighted by atomic mass is 10.1. The molecule has 2 N–H and O–H groups in total. The van der Waals surface area contributed by atoms with Crippen molar-refractivity contribution in [1.82, 2.24) is 4.90 Å². The zero-order valence-corrected chi connectivity index (χ0v) is 11.6. The van der Waals surface area contributed by atoms with E-state index < -0.39 is 0 Å². The Hall–Kier alpha value is -0.840. The van der Waals surface area contributed by atoms with Gasteiger partial charge in [0, 0.05) is 23.9 Å². The number of carbonyl (C=O) groups is 1. The van der Waals surface area contributed by atoms with Crippen LogP contribution in [0, 0.1) is 5.92 Å². The predicted octanol–water partition coefficient (Wildman–Crippen LogP) is 2.28. The van der Waals surface area contributed by atoms with Gasteiger partial charge in [0.15, 0.2) is 0 Å². The Kier molecular flexibility index (Phi) is 7.87. The summed E-state index contributed by atoms with van der Waals surface area (Å²) in [5.41, 5.74) is 5.51. The van der Waals surface area contributed by atoms with Gasteiger partial charge in [-0.05, 0) is 11.4 Å². The number of halogens is 1. The van der Waals surface area contributed by atoms with Crippen molar-refractivity contribution in [1.29, 1.82) is 0 Å². The molecule has 5 heteroatoms.